The number of hydrogen-bond acceptors (Lipinski definition) is 4. The topological polar surface area (TPSA) is 47.7 Å². The van der Waals surface area contributed by atoms with E-state index in [0.29, 0.717) is 6.04 Å². The molecule has 0 saturated heterocycles. The van der Waals surface area contributed by atoms with E-state index in [0.717, 1.165) is 44.8 Å². The van der Waals surface area contributed by atoms with Crippen LogP contribution in [0.1, 0.15) is 23.6 Å². The molecule has 4 heteroatoms. The molecular formula is C15H24N2O2. The van der Waals surface area contributed by atoms with Crippen LogP contribution < -0.4 is 5.73 Å². The summed E-state index contributed by atoms with van der Waals surface area (Å²) >= 11 is 0. The highest BCUT2D eigenvalue weighted by molar-refractivity contribution is 5.47. The molecule has 0 aromatic heterocycles. The number of rotatable bonds is 7. The van der Waals surface area contributed by atoms with Crippen LogP contribution >= 0.6 is 0 Å². The second-order valence-electron chi connectivity index (χ2n) is 5.03. The SMILES string of the molecule is COCCN(CCOC)C1CCc2cc(N)ccc21. The van der Waals surface area contributed by atoms with E-state index < -0.39 is 0 Å². The van der Waals surface area contributed by atoms with E-state index in [1.807, 2.05) is 6.07 Å². The highest BCUT2D eigenvalue weighted by Gasteiger charge is 2.27. The van der Waals surface area contributed by atoms with Gasteiger partial charge in [-0.3, -0.25) is 4.90 Å². The minimum absolute atomic E-state index is 0.473. The Morgan fingerprint density at radius 3 is 2.53 bits per heavy atom. The maximum atomic E-state index is 5.86. The third-order valence-corrected chi connectivity index (χ3v) is 3.82. The molecule has 1 aliphatic carbocycles. The number of hydrogen-bond donors (Lipinski definition) is 1. The number of benzene rings is 1. The minimum atomic E-state index is 0.473. The molecule has 0 spiro atoms. The van der Waals surface area contributed by atoms with Crippen molar-refractivity contribution in [1.82, 2.24) is 4.90 Å². The Morgan fingerprint density at radius 2 is 1.89 bits per heavy atom. The van der Waals surface area contributed by atoms with E-state index in [2.05, 4.69) is 17.0 Å². The van der Waals surface area contributed by atoms with Crippen LogP contribution in [0.25, 0.3) is 0 Å². The van der Waals surface area contributed by atoms with Gasteiger partial charge in [-0.2, -0.15) is 0 Å². The summed E-state index contributed by atoms with van der Waals surface area (Å²) in [7, 11) is 3.50. The molecule has 0 saturated carbocycles. The van der Waals surface area contributed by atoms with Gasteiger partial charge >= 0.3 is 0 Å². The van der Waals surface area contributed by atoms with Gasteiger partial charge in [0.2, 0.25) is 0 Å². The number of nitrogens with two attached hydrogens (primary N) is 1. The van der Waals surface area contributed by atoms with Gasteiger partial charge in [0.05, 0.1) is 13.2 Å². The van der Waals surface area contributed by atoms with Gasteiger partial charge in [0, 0.05) is 39.0 Å². The number of methoxy groups -OCH3 is 2. The van der Waals surface area contributed by atoms with Gasteiger partial charge in [0.1, 0.15) is 0 Å². The number of nitrogen functional groups attached to an aromatic ring is 1. The minimum Gasteiger partial charge on any atom is -0.399 e. The molecule has 2 rings (SSSR count). The number of anilines is 1. The third-order valence-electron chi connectivity index (χ3n) is 3.82. The lowest BCUT2D eigenvalue weighted by Gasteiger charge is -2.29. The van der Waals surface area contributed by atoms with Gasteiger partial charge in [-0.1, -0.05) is 6.07 Å². The second-order valence-corrected chi connectivity index (χ2v) is 5.03. The van der Waals surface area contributed by atoms with Crippen molar-refractivity contribution in [1.29, 1.82) is 0 Å². The van der Waals surface area contributed by atoms with Crippen molar-refractivity contribution in [2.45, 2.75) is 18.9 Å². The van der Waals surface area contributed by atoms with Crippen LogP contribution in [-0.2, 0) is 15.9 Å². The molecule has 0 heterocycles. The zero-order valence-corrected chi connectivity index (χ0v) is 11.9. The number of aryl methyl sites for hydroxylation is 1. The van der Waals surface area contributed by atoms with Crippen molar-refractivity contribution >= 4 is 5.69 Å². The number of ether oxygens (including phenoxy) is 2. The first-order valence-corrected chi connectivity index (χ1v) is 6.86. The Hall–Kier alpha value is -1.10. The summed E-state index contributed by atoms with van der Waals surface area (Å²) in [5, 5.41) is 0. The lowest BCUT2D eigenvalue weighted by molar-refractivity contribution is 0.0872. The van der Waals surface area contributed by atoms with Gasteiger partial charge in [0.15, 0.2) is 0 Å². The first-order chi connectivity index (χ1) is 9.26. The molecule has 4 nitrogen and oxygen atoms in total. The van der Waals surface area contributed by atoms with Crippen LogP contribution in [-0.4, -0.2) is 45.4 Å². The third kappa shape index (κ3) is 3.47. The number of fused-ring (bicyclic) bond motifs is 1. The Balaban J connectivity index is 2.10. The highest BCUT2D eigenvalue weighted by atomic mass is 16.5. The molecule has 1 aliphatic rings. The molecule has 1 atom stereocenters. The Labute approximate surface area is 115 Å². The van der Waals surface area contributed by atoms with Gasteiger partial charge in [-0.05, 0) is 36.1 Å². The monoisotopic (exact) mass is 264 g/mol. The summed E-state index contributed by atoms with van der Waals surface area (Å²) in [6, 6.07) is 6.76. The summed E-state index contributed by atoms with van der Waals surface area (Å²) in [5.41, 5.74) is 9.53. The van der Waals surface area contributed by atoms with Crippen molar-refractivity contribution in [3.05, 3.63) is 29.3 Å². The fraction of sp³-hybridized carbons (Fsp3) is 0.600. The van der Waals surface area contributed by atoms with E-state index >= 15 is 0 Å². The summed E-state index contributed by atoms with van der Waals surface area (Å²) < 4.78 is 10.4. The molecule has 19 heavy (non-hydrogen) atoms. The van der Waals surface area contributed by atoms with Gasteiger partial charge in [0.25, 0.3) is 0 Å². The Kier molecular flexibility index (Phi) is 5.19. The zero-order chi connectivity index (χ0) is 13.7. The second kappa shape index (κ2) is 6.89. The zero-order valence-electron chi connectivity index (χ0n) is 11.9. The summed E-state index contributed by atoms with van der Waals surface area (Å²) in [6.07, 6.45) is 2.27. The van der Waals surface area contributed by atoms with E-state index in [9.17, 15) is 0 Å². The van der Waals surface area contributed by atoms with Crippen LogP contribution in [0.4, 0.5) is 5.69 Å². The predicted molar refractivity (Wildman–Crippen MR) is 77.2 cm³/mol. The Bertz CT molecular complexity index is 401. The first-order valence-electron chi connectivity index (χ1n) is 6.86. The molecule has 0 radical (unpaired) electrons. The smallest absolute Gasteiger partial charge is 0.0589 e. The average molecular weight is 264 g/mol. The van der Waals surface area contributed by atoms with Gasteiger partial charge < -0.3 is 15.2 Å². The molecule has 1 unspecified atom stereocenters. The molecule has 0 bridgehead atoms. The molecule has 0 fully saturated rings. The molecule has 0 amide bonds. The maximum absolute atomic E-state index is 5.86. The van der Waals surface area contributed by atoms with Crippen molar-refractivity contribution in [2.24, 2.45) is 0 Å². The van der Waals surface area contributed by atoms with Crippen LogP contribution in [0, 0.1) is 0 Å². The van der Waals surface area contributed by atoms with Gasteiger partial charge in [-0.25, -0.2) is 0 Å². The normalized spacial score (nSPS) is 17.9. The molecular weight excluding hydrogens is 240 g/mol. The van der Waals surface area contributed by atoms with Crippen LogP contribution in [0.2, 0.25) is 0 Å². The van der Waals surface area contributed by atoms with Crippen molar-refractivity contribution in [3.8, 4) is 0 Å². The summed E-state index contributed by atoms with van der Waals surface area (Å²) in [5.74, 6) is 0. The van der Waals surface area contributed by atoms with Crippen LogP contribution in [0.3, 0.4) is 0 Å². The average Bonchev–Trinajstić information content (AvgIpc) is 2.82. The Morgan fingerprint density at radius 1 is 1.21 bits per heavy atom. The van der Waals surface area contributed by atoms with E-state index in [1.54, 1.807) is 14.2 Å². The van der Waals surface area contributed by atoms with E-state index in [-0.39, 0.29) is 0 Å². The standard InChI is InChI=1S/C15H24N2O2/c1-18-9-7-17(8-10-19-2)15-6-3-12-11-13(16)4-5-14(12)15/h4-5,11,15H,3,6-10,16H2,1-2H3. The fourth-order valence-electron chi connectivity index (χ4n) is 2.83. The highest BCUT2D eigenvalue weighted by Crippen LogP contribution is 2.36. The number of nitrogens with zero attached hydrogens (tertiary/aromatic N) is 1. The van der Waals surface area contributed by atoms with Crippen molar-refractivity contribution < 1.29 is 9.47 Å². The largest absolute Gasteiger partial charge is 0.399 e. The van der Waals surface area contributed by atoms with E-state index in [4.69, 9.17) is 15.2 Å². The van der Waals surface area contributed by atoms with Crippen molar-refractivity contribution in [3.63, 3.8) is 0 Å². The van der Waals surface area contributed by atoms with Crippen LogP contribution in [0.15, 0.2) is 18.2 Å². The first kappa shape index (κ1) is 14.3. The maximum Gasteiger partial charge on any atom is 0.0589 e. The van der Waals surface area contributed by atoms with Crippen LogP contribution in [0.5, 0.6) is 0 Å². The lowest BCUT2D eigenvalue weighted by atomic mass is 10.1. The molecule has 1 aromatic rings. The molecule has 106 valence electrons. The fourth-order valence-corrected chi connectivity index (χ4v) is 2.83. The van der Waals surface area contributed by atoms with Gasteiger partial charge in [-0.15, -0.1) is 0 Å². The lowest BCUT2D eigenvalue weighted by Crippen LogP contribution is -2.33. The molecule has 1 aromatic carbocycles. The molecule has 0 aliphatic heterocycles. The summed E-state index contributed by atoms with van der Waals surface area (Å²) in [6.45, 7) is 3.39. The van der Waals surface area contributed by atoms with E-state index in [1.165, 1.54) is 11.1 Å². The quantitative estimate of drug-likeness (QED) is 0.764. The predicted octanol–water partition coefficient (Wildman–Crippen LogP) is 1.85. The van der Waals surface area contributed by atoms with Crippen molar-refractivity contribution in [2.75, 3.05) is 46.3 Å². The summed E-state index contributed by atoms with van der Waals surface area (Å²) in [4.78, 5) is 2.45. The molecule has 2 N–H and O–H groups in total.